The Morgan fingerprint density at radius 3 is 2.58 bits per heavy atom. The average Bonchev–Trinajstić information content (AvgIpc) is 2.39. The molecule has 1 amide bonds. The molecule has 0 radical (unpaired) electrons. The van der Waals surface area contributed by atoms with Crippen LogP contribution in [0, 0.1) is 0 Å². The molecule has 1 rings (SSSR count). The van der Waals surface area contributed by atoms with Crippen molar-refractivity contribution in [3.63, 3.8) is 0 Å². The van der Waals surface area contributed by atoms with Crippen LogP contribution in [0.15, 0.2) is 24.3 Å². The molecule has 0 aliphatic carbocycles. The van der Waals surface area contributed by atoms with Crippen LogP contribution >= 0.6 is 0 Å². The molecule has 4 nitrogen and oxygen atoms in total. The van der Waals surface area contributed by atoms with Crippen molar-refractivity contribution < 1.29 is 9.53 Å². The van der Waals surface area contributed by atoms with E-state index in [4.69, 9.17) is 10.5 Å². The van der Waals surface area contributed by atoms with Crippen LogP contribution in [-0.2, 0) is 4.79 Å². The van der Waals surface area contributed by atoms with Crippen LogP contribution in [0.3, 0.4) is 0 Å². The summed E-state index contributed by atoms with van der Waals surface area (Å²) < 4.78 is 5.53. The predicted molar refractivity (Wildman–Crippen MR) is 77.3 cm³/mol. The lowest BCUT2D eigenvalue weighted by Gasteiger charge is -2.09. The maximum Gasteiger partial charge on any atom is 0.223 e. The number of hydrogen-bond donors (Lipinski definition) is 2. The smallest absolute Gasteiger partial charge is 0.223 e. The molecule has 1 aromatic rings. The molecule has 0 heterocycles. The molecule has 0 atom stereocenters. The number of rotatable bonds is 8. The quantitative estimate of drug-likeness (QED) is 0.706. The molecule has 0 aliphatic heterocycles. The zero-order valence-electron chi connectivity index (χ0n) is 11.8. The van der Waals surface area contributed by atoms with Crippen molar-refractivity contribution in [1.82, 2.24) is 5.32 Å². The summed E-state index contributed by atoms with van der Waals surface area (Å²) in [5.74, 6) is 1.33. The first kappa shape index (κ1) is 15.5. The van der Waals surface area contributed by atoms with Gasteiger partial charge in [-0.25, -0.2) is 0 Å². The van der Waals surface area contributed by atoms with Crippen LogP contribution in [0.4, 0.5) is 0 Å². The molecular formula is C15H24N2O2. The SMILES string of the molecule is CC(C)c1ccc(OCCC(=O)NCCCN)cc1. The zero-order chi connectivity index (χ0) is 14.1. The molecule has 3 N–H and O–H groups in total. The Bertz CT molecular complexity index is 374. The highest BCUT2D eigenvalue weighted by molar-refractivity contribution is 5.75. The summed E-state index contributed by atoms with van der Waals surface area (Å²) in [7, 11) is 0. The van der Waals surface area contributed by atoms with E-state index in [9.17, 15) is 4.79 Å². The molecule has 0 aromatic heterocycles. The van der Waals surface area contributed by atoms with Crippen molar-refractivity contribution in [1.29, 1.82) is 0 Å². The third-order valence-electron chi connectivity index (χ3n) is 2.85. The Hall–Kier alpha value is -1.55. The minimum atomic E-state index is 0.00671. The third kappa shape index (κ3) is 6.25. The van der Waals surface area contributed by atoms with Crippen LogP contribution in [0.2, 0.25) is 0 Å². The second-order valence-corrected chi connectivity index (χ2v) is 4.81. The van der Waals surface area contributed by atoms with Crippen LogP contribution < -0.4 is 15.8 Å². The number of carbonyl (C=O) groups is 1. The van der Waals surface area contributed by atoms with Crippen LogP contribution in [-0.4, -0.2) is 25.6 Å². The van der Waals surface area contributed by atoms with E-state index in [1.807, 2.05) is 12.1 Å². The fraction of sp³-hybridized carbons (Fsp3) is 0.533. The van der Waals surface area contributed by atoms with Gasteiger partial charge in [0.2, 0.25) is 5.91 Å². The van der Waals surface area contributed by atoms with E-state index >= 15 is 0 Å². The molecule has 0 saturated carbocycles. The Morgan fingerprint density at radius 1 is 1.32 bits per heavy atom. The second-order valence-electron chi connectivity index (χ2n) is 4.81. The van der Waals surface area contributed by atoms with Crippen LogP contribution in [0.1, 0.15) is 38.2 Å². The van der Waals surface area contributed by atoms with Gasteiger partial charge in [0.25, 0.3) is 0 Å². The molecule has 1 aromatic carbocycles. The molecule has 0 saturated heterocycles. The third-order valence-corrected chi connectivity index (χ3v) is 2.85. The van der Waals surface area contributed by atoms with Crippen molar-refractivity contribution in [3.05, 3.63) is 29.8 Å². The molecule has 106 valence electrons. The van der Waals surface area contributed by atoms with E-state index in [0.717, 1.165) is 12.2 Å². The zero-order valence-corrected chi connectivity index (χ0v) is 11.8. The Kier molecular flexibility index (Phi) is 6.97. The maximum atomic E-state index is 11.4. The number of benzene rings is 1. The van der Waals surface area contributed by atoms with Gasteiger partial charge in [-0.05, 0) is 36.6 Å². The van der Waals surface area contributed by atoms with Crippen LogP contribution in [0.25, 0.3) is 0 Å². The highest BCUT2D eigenvalue weighted by atomic mass is 16.5. The fourth-order valence-electron chi connectivity index (χ4n) is 1.63. The predicted octanol–water partition coefficient (Wildman–Crippen LogP) is 2.04. The van der Waals surface area contributed by atoms with Crippen molar-refractivity contribution in [2.75, 3.05) is 19.7 Å². The number of hydrogen-bond acceptors (Lipinski definition) is 3. The molecule has 0 aliphatic rings. The van der Waals surface area contributed by atoms with Gasteiger partial charge in [-0.2, -0.15) is 0 Å². The van der Waals surface area contributed by atoms with Gasteiger partial charge in [-0.1, -0.05) is 26.0 Å². The molecule has 0 fully saturated rings. The molecule has 0 bridgehead atoms. The summed E-state index contributed by atoms with van der Waals surface area (Å²) >= 11 is 0. The maximum absolute atomic E-state index is 11.4. The number of nitrogens with one attached hydrogen (secondary N) is 1. The Balaban J connectivity index is 2.23. The second kappa shape index (κ2) is 8.53. The number of carbonyl (C=O) groups excluding carboxylic acids is 1. The van der Waals surface area contributed by atoms with Crippen molar-refractivity contribution >= 4 is 5.91 Å². The van der Waals surface area contributed by atoms with E-state index in [2.05, 4.69) is 31.3 Å². The standard InChI is InChI=1S/C15H24N2O2/c1-12(2)13-4-6-14(7-5-13)19-11-8-15(18)17-10-3-9-16/h4-7,12H,3,8-11,16H2,1-2H3,(H,17,18). The van der Waals surface area contributed by atoms with Crippen molar-refractivity contribution in [2.45, 2.75) is 32.6 Å². The first-order valence-corrected chi connectivity index (χ1v) is 6.83. The van der Waals surface area contributed by atoms with Gasteiger partial charge in [0.15, 0.2) is 0 Å². The molecule has 0 unspecified atom stereocenters. The summed E-state index contributed by atoms with van der Waals surface area (Å²) in [6.07, 6.45) is 1.18. The van der Waals surface area contributed by atoms with Gasteiger partial charge >= 0.3 is 0 Å². The van der Waals surface area contributed by atoms with E-state index in [0.29, 0.717) is 32.0 Å². The molecular weight excluding hydrogens is 240 g/mol. The van der Waals surface area contributed by atoms with Crippen molar-refractivity contribution in [2.24, 2.45) is 5.73 Å². The topological polar surface area (TPSA) is 64.3 Å². The van der Waals surface area contributed by atoms with Gasteiger partial charge in [0.05, 0.1) is 13.0 Å². The van der Waals surface area contributed by atoms with Gasteiger partial charge in [-0.15, -0.1) is 0 Å². The lowest BCUT2D eigenvalue weighted by Crippen LogP contribution is -2.27. The molecule has 19 heavy (non-hydrogen) atoms. The van der Waals surface area contributed by atoms with Gasteiger partial charge in [0, 0.05) is 6.54 Å². The number of nitrogens with two attached hydrogens (primary N) is 1. The minimum absolute atomic E-state index is 0.00671. The fourth-order valence-corrected chi connectivity index (χ4v) is 1.63. The summed E-state index contributed by atoms with van der Waals surface area (Å²) in [4.78, 5) is 11.4. The monoisotopic (exact) mass is 264 g/mol. The largest absolute Gasteiger partial charge is 0.493 e. The van der Waals surface area contributed by atoms with Gasteiger partial charge in [0.1, 0.15) is 5.75 Å². The average molecular weight is 264 g/mol. The highest BCUT2D eigenvalue weighted by Crippen LogP contribution is 2.18. The summed E-state index contributed by atoms with van der Waals surface area (Å²) in [5.41, 5.74) is 6.63. The molecule has 4 heteroatoms. The first-order valence-electron chi connectivity index (χ1n) is 6.83. The number of amides is 1. The van der Waals surface area contributed by atoms with E-state index < -0.39 is 0 Å². The lowest BCUT2D eigenvalue weighted by atomic mass is 10.0. The number of ether oxygens (including phenoxy) is 1. The van der Waals surface area contributed by atoms with Crippen LogP contribution in [0.5, 0.6) is 5.75 Å². The Labute approximate surface area is 115 Å². The van der Waals surface area contributed by atoms with E-state index in [1.165, 1.54) is 5.56 Å². The highest BCUT2D eigenvalue weighted by Gasteiger charge is 2.02. The summed E-state index contributed by atoms with van der Waals surface area (Å²) in [6.45, 7) is 5.94. The Morgan fingerprint density at radius 2 is 2.00 bits per heavy atom. The van der Waals surface area contributed by atoms with Gasteiger partial charge in [-0.3, -0.25) is 4.79 Å². The minimum Gasteiger partial charge on any atom is -0.493 e. The first-order chi connectivity index (χ1) is 9.13. The summed E-state index contributed by atoms with van der Waals surface area (Å²) in [6, 6.07) is 8.01. The van der Waals surface area contributed by atoms with Gasteiger partial charge < -0.3 is 15.8 Å². The lowest BCUT2D eigenvalue weighted by molar-refractivity contribution is -0.121. The molecule has 0 spiro atoms. The normalized spacial score (nSPS) is 10.5. The van der Waals surface area contributed by atoms with Crippen molar-refractivity contribution in [3.8, 4) is 5.75 Å². The van der Waals surface area contributed by atoms with E-state index in [1.54, 1.807) is 0 Å². The summed E-state index contributed by atoms with van der Waals surface area (Å²) in [5, 5.41) is 2.79. The van der Waals surface area contributed by atoms with E-state index in [-0.39, 0.29) is 5.91 Å².